The number of aliphatic hydroxyl groups excluding tert-OH is 1. The molecular formula is C27H26ClN3O2S. The molecule has 5 nitrogen and oxygen atoms in total. The van der Waals surface area contributed by atoms with E-state index in [4.69, 9.17) is 11.6 Å². The number of thiophene rings is 1. The smallest absolute Gasteiger partial charge is 0.259 e. The van der Waals surface area contributed by atoms with Crippen LogP contribution in [-0.4, -0.2) is 34.0 Å². The van der Waals surface area contributed by atoms with Gasteiger partial charge in [0.05, 0.1) is 22.5 Å². The standard InChI is InChI=1S/C27H26ClN3O2S/c28-26-22(27(33)31-13-11-20(12-14-31)19-9-5-2-6-10-19)24(29-15-18-7-3-1-4-8-18)25-23(30-26)21(16-32)17-34-25/h1-10,17,20,32H,11-16H2,(H,29,30). The lowest BCUT2D eigenvalue weighted by molar-refractivity contribution is 0.0714. The van der Waals surface area contributed by atoms with Crippen LogP contribution >= 0.6 is 22.9 Å². The first kappa shape index (κ1) is 22.8. The molecule has 0 radical (unpaired) electrons. The summed E-state index contributed by atoms with van der Waals surface area (Å²) in [5.41, 5.74) is 4.90. The summed E-state index contributed by atoms with van der Waals surface area (Å²) in [5.74, 6) is 0.363. The first-order valence-electron chi connectivity index (χ1n) is 11.5. The molecule has 2 N–H and O–H groups in total. The van der Waals surface area contributed by atoms with Gasteiger partial charge in [-0.1, -0.05) is 72.3 Å². The third-order valence-corrected chi connectivity index (χ3v) is 7.79. The first-order chi connectivity index (χ1) is 16.7. The third-order valence-electron chi connectivity index (χ3n) is 6.48. The van der Waals surface area contributed by atoms with Gasteiger partial charge in [-0.3, -0.25) is 4.79 Å². The average Bonchev–Trinajstić information content (AvgIpc) is 3.30. The minimum atomic E-state index is -0.123. The lowest BCUT2D eigenvalue weighted by Gasteiger charge is -2.33. The molecule has 1 saturated heterocycles. The van der Waals surface area contributed by atoms with Crippen LogP contribution in [0.4, 0.5) is 5.69 Å². The number of likely N-dealkylation sites (tertiary alicyclic amines) is 1. The molecule has 34 heavy (non-hydrogen) atoms. The summed E-state index contributed by atoms with van der Waals surface area (Å²) < 4.78 is 0.840. The van der Waals surface area contributed by atoms with Crippen molar-refractivity contribution in [3.63, 3.8) is 0 Å². The van der Waals surface area contributed by atoms with Gasteiger partial charge >= 0.3 is 0 Å². The van der Waals surface area contributed by atoms with E-state index in [9.17, 15) is 9.90 Å². The van der Waals surface area contributed by atoms with Gasteiger partial charge in [0.15, 0.2) is 0 Å². The number of benzene rings is 2. The van der Waals surface area contributed by atoms with Gasteiger partial charge in [0.2, 0.25) is 0 Å². The number of amides is 1. The normalized spacial score (nSPS) is 14.5. The fourth-order valence-corrected chi connectivity index (χ4v) is 5.91. The number of aromatic nitrogens is 1. The second-order valence-electron chi connectivity index (χ2n) is 8.57. The summed E-state index contributed by atoms with van der Waals surface area (Å²) in [6, 6.07) is 20.5. The van der Waals surface area contributed by atoms with Crippen LogP contribution in [0.15, 0.2) is 66.0 Å². The predicted octanol–water partition coefficient (Wildman–Crippen LogP) is 6.07. The summed E-state index contributed by atoms with van der Waals surface area (Å²) in [5, 5.41) is 15.3. The number of rotatable bonds is 6. The number of nitrogens with zero attached hydrogens (tertiary/aromatic N) is 2. The van der Waals surface area contributed by atoms with Crippen molar-refractivity contribution in [1.82, 2.24) is 9.88 Å². The van der Waals surface area contributed by atoms with Gasteiger partial charge in [-0.25, -0.2) is 4.98 Å². The summed E-state index contributed by atoms with van der Waals surface area (Å²) >= 11 is 8.11. The van der Waals surface area contributed by atoms with Crippen molar-refractivity contribution in [2.75, 3.05) is 18.4 Å². The molecule has 5 rings (SSSR count). The summed E-state index contributed by atoms with van der Waals surface area (Å²) in [7, 11) is 0. The van der Waals surface area contributed by atoms with Crippen LogP contribution in [0.2, 0.25) is 5.15 Å². The highest BCUT2D eigenvalue weighted by Gasteiger charge is 2.29. The van der Waals surface area contributed by atoms with E-state index in [1.165, 1.54) is 16.9 Å². The highest BCUT2D eigenvalue weighted by molar-refractivity contribution is 7.18. The van der Waals surface area contributed by atoms with E-state index >= 15 is 0 Å². The zero-order valence-corrected chi connectivity index (χ0v) is 20.3. The second kappa shape index (κ2) is 10.1. The topological polar surface area (TPSA) is 65.5 Å². The Labute approximate surface area is 208 Å². The maximum absolute atomic E-state index is 13.7. The SMILES string of the molecule is O=C(c1c(Cl)nc2c(CO)csc2c1NCc1ccccc1)N1CCC(c2ccccc2)CC1. The van der Waals surface area contributed by atoms with Crippen molar-refractivity contribution >= 4 is 44.7 Å². The monoisotopic (exact) mass is 491 g/mol. The molecule has 1 fully saturated rings. The molecule has 1 aliphatic rings. The Balaban J connectivity index is 1.44. The molecule has 1 amide bonds. The molecule has 1 aliphatic heterocycles. The van der Waals surface area contributed by atoms with E-state index in [1.54, 1.807) is 0 Å². The molecule has 174 valence electrons. The number of hydrogen-bond donors (Lipinski definition) is 2. The summed E-state index contributed by atoms with van der Waals surface area (Å²) in [4.78, 5) is 20.2. The van der Waals surface area contributed by atoms with Crippen LogP contribution in [0, 0.1) is 0 Å². The molecular weight excluding hydrogens is 466 g/mol. The van der Waals surface area contributed by atoms with Crippen LogP contribution in [0.1, 0.15) is 45.8 Å². The first-order valence-corrected chi connectivity index (χ1v) is 12.7. The van der Waals surface area contributed by atoms with Gasteiger partial charge in [0.25, 0.3) is 5.91 Å². The number of piperidine rings is 1. The van der Waals surface area contributed by atoms with Gasteiger partial charge in [-0.15, -0.1) is 11.3 Å². The van der Waals surface area contributed by atoms with Crippen molar-refractivity contribution < 1.29 is 9.90 Å². The Morgan fingerprint density at radius 1 is 1.09 bits per heavy atom. The molecule has 0 bridgehead atoms. The maximum atomic E-state index is 13.7. The number of carbonyl (C=O) groups is 1. The molecule has 3 heterocycles. The van der Waals surface area contributed by atoms with E-state index in [1.807, 2.05) is 46.7 Å². The molecule has 7 heteroatoms. The van der Waals surface area contributed by atoms with E-state index in [0.29, 0.717) is 47.9 Å². The molecule has 0 saturated carbocycles. The van der Waals surface area contributed by atoms with Gasteiger partial charge in [-0.2, -0.15) is 0 Å². The van der Waals surface area contributed by atoms with Crippen molar-refractivity contribution in [1.29, 1.82) is 0 Å². The van der Waals surface area contributed by atoms with E-state index in [-0.39, 0.29) is 17.7 Å². The summed E-state index contributed by atoms with van der Waals surface area (Å²) in [6.07, 6.45) is 1.84. The molecule has 4 aromatic rings. The molecule has 0 unspecified atom stereocenters. The van der Waals surface area contributed by atoms with Gasteiger partial charge < -0.3 is 15.3 Å². The van der Waals surface area contributed by atoms with E-state index in [0.717, 1.165) is 23.1 Å². The van der Waals surface area contributed by atoms with Crippen LogP contribution in [0.25, 0.3) is 10.2 Å². The maximum Gasteiger partial charge on any atom is 0.259 e. The van der Waals surface area contributed by atoms with Gasteiger partial charge in [0, 0.05) is 25.2 Å². The average molecular weight is 492 g/mol. The Morgan fingerprint density at radius 3 is 2.44 bits per heavy atom. The number of fused-ring (bicyclic) bond motifs is 1. The van der Waals surface area contributed by atoms with E-state index < -0.39 is 0 Å². The Hall–Kier alpha value is -2.93. The zero-order chi connectivity index (χ0) is 23.5. The molecule has 0 spiro atoms. The zero-order valence-electron chi connectivity index (χ0n) is 18.7. The van der Waals surface area contributed by atoms with Crippen molar-refractivity contribution in [2.45, 2.75) is 31.9 Å². The number of hydrogen-bond acceptors (Lipinski definition) is 5. The Kier molecular flexibility index (Phi) is 6.81. The number of halogens is 1. The number of anilines is 1. The quantitative estimate of drug-likeness (QED) is 0.321. The number of nitrogens with one attached hydrogen (secondary N) is 1. The van der Waals surface area contributed by atoms with Gasteiger partial charge in [0.1, 0.15) is 10.7 Å². The van der Waals surface area contributed by atoms with Crippen molar-refractivity contribution in [3.05, 3.63) is 93.5 Å². The van der Waals surface area contributed by atoms with Crippen molar-refractivity contribution in [3.8, 4) is 0 Å². The van der Waals surface area contributed by atoms with Crippen LogP contribution in [0.5, 0.6) is 0 Å². The molecule has 2 aromatic carbocycles. The lowest BCUT2D eigenvalue weighted by Crippen LogP contribution is -2.38. The largest absolute Gasteiger partial charge is 0.392 e. The second-order valence-corrected chi connectivity index (χ2v) is 9.80. The molecule has 0 aliphatic carbocycles. The molecule has 2 aromatic heterocycles. The van der Waals surface area contributed by atoms with Crippen LogP contribution < -0.4 is 5.32 Å². The van der Waals surface area contributed by atoms with Crippen LogP contribution in [0.3, 0.4) is 0 Å². The minimum absolute atomic E-state index is 0.0968. The highest BCUT2D eigenvalue weighted by atomic mass is 35.5. The fourth-order valence-electron chi connectivity index (χ4n) is 4.62. The summed E-state index contributed by atoms with van der Waals surface area (Å²) in [6.45, 7) is 1.79. The van der Waals surface area contributed by atoms with Crippen LogP contribution in [-0.2, 0) is 13.2 Å². The predicted molar refractivity (Wildman–Crippen MR) is 139 cm³/mol. The number of carbonyl (C=O) groups excluding carboxylic acids is 1. The fraction of sp³-hybridized carbons (Fsp3) is 0.259. The Morgan fingerprint density at radius 2 is 1.76 bits per heavy atom. The Bertz CT molecular complexity index is 1290. The minimum Gasteiger partial charge on any atom is -0.392 e. The van der Waals surface area contributed by atoms with Crippen molar-refractivity contribution in [2.24, 2.45) is 0 Å². The van der Waals surface area contributed by atoms with Gasteiger partial charge in [-0.05, 0) is 35.3 Å². The van der Waals surface area contributed by atoms with E-state index in [2.05, 4.69) is 34.6 Å². The number of aliphatic hydroxyl groups is 1. The molecule has 0 atom stereocenters. The lowest BCUT2D eigenvalue weighted by atomic mass is 9.89. The third kappa shape index (κ3) is 4.53. The number of pyridine rings is 1. The highest BCUT2D eigenvalue weighted by Crippen LogP contribution is 2.39.